The highest BCUT2D eigenvalue weighted by atomic mass is 16.7. The Labute approximate surface area is 106 Å². The van der Waals surface area contributed by atoms with E-state index in [1.807, 2.05) is 25.1 Å². The SMILES string of the molecule is COC(=O)COc1ccccc1C1OCC(C)O1. The number of hydrogen-bond acceptors (Lipinski definition) is 5. The van der Waals surface area contributed by atoms with Gasteiger partial charge < -0.3 is 18.9 Å². The summed E-state index contributed by atoms with van der Waals surface area (Å²) < 4.78 is 21.0. The highest BCUT2D eigenvalue weighted by molar-refractivity contribution is 5.70. The van der Waals surface area contributed by atoms with E-state index in [9.17, 15) is 4.79 Å². The molecule has 1 aromatic carbocycles. The van der Waals surface area contributed by atoms with Gasteiger partial charge in [0.15, 0.2) is 12.9 Å². The zero-order valence-corrected chi connectivity index (χ0v) is 10.4. The zero-order valence-electron chi connectivity index (χ0n) is 10.4. The van der Waals surface area contributed by atoms with Crippen LogP contribution in [-0.2, 0) is 19.0 Å². The van der Waals surface area contributed by atoms with Crippen LogP contribution >= 0.6 is 0 Å². The number of carbonyl (C=O) groups is 1. The van der Waals surface area contributed by atoms with E-state index in [0.717, 1.165) is 5.56 Å². The van der Waals surface area contributed by atoms with Crippen molar-refractivity contribution in [2.24, 2.45) is 0 Å². The molecule has 0 spiro atoms. The van der Waals surface area contributed by atoms with Crippen molar-refractivity contribution < 1.29 is 23.7 Å². The van der Waals surface area contributed by atoms with Crippen LogP contribution in [-0.4, -0.2) is 32.4 Å². The van der Waals surface area contributed by atoms with Crippen molar-refractivity contribution in [1.29, 1.82) is 0 Å². The average molecular weight is 252 g/mol. The first-order valence-electron chi connectivity index (χ1n) is 5.76. The van der Waals surface area contributed by atoms with Crippen molar-refractivity contribution in [3.05, 3.63) is 29.8 Å². The van der Waals surface area contributed by atoms with Gasteiger partial charge in [-0.2, -0.15) is 0 Å². The normalized spacial score (nSPS) is 22.8. The molecular formula is C13H16O5. The minimum absolute atomic E-state index is 0.0589. The number of carbonyl (C=O) groups excluding carboxylic acids is 1. The molecule has 2 atom stereocenters. The van der Waals surface area contributed by atoms with Gasteiger partial charge in [0.05, 0.1) is 19.8 Å². The van der Waals surface area contributed by atoms with Gasteiger partial charge in [0, 0.05) is 5.56 Å². The second-order valence-corrected chi connectivity index (χ2v) is 4.01. The number of benzene rings is 1. The van der Waals surface area contributed by atoms with Crippen molar-refractivity contribution in [3.63, 3.8) is 0 Å². The molecule has 0 bridgehead atoms. The molecular weight excluding hydrogens is 236 g/mol. The molecule has 1 aliphatic heterocycles. The predicted molar refractivity (Wildman–Crippen MR) is 63.2 cm³/mol. The average Bonchev–Trinajstić information content (AvgIpc) is 2.83. The van der Waals surface area contributed by atoms with E-state index >= 15 is 0 Å². The second-order valence-electron chi connectivity index (χ2n) is 4.01. The van der Waals surface area contributed by atoms with Crippen molar-refractivity contribution in [2.45, 2.75) is 19.3 Å². The Hall–Kier alpha value is -1.59. The van der Waals surface area contributed by atoms with E-state index in [1.165, 1.54) is 7.11 Å². The number of rotatable bonds is 4. The maximum atomic E-state index is 11.1. The minimum Gasteiger partial charge on any atom is -0.481 e. The fourth-order valence-electron chi connectivity index (χ4n) is 1.68. The highest BCUT2D eigenvalue weighted by Crippen LogP contribution is 2.32. The molecule has 1 aromatic rings. The quantitative estimate of drug-likeness (QED) is 0.763. The Bertz CT molecular complexity index is 418. The standard InChI is InChI=1S/C13H16O5/c1-9-7-17-13(18-9)10-5-3-4-6-11(10)16-8-12(14)15-2/h3-6,9,13H,7-8H2,1-2H3. The van der Waals surface area contributed by atoms with Gasteiger partial charge in [0.2, 0.25) is 0 Å². The lowest BCUT2D eigenvalue weighted by Gasteiger charge is -2.15. The lowest BCUT2D eigenvalue weighted by atomic mass is 10.2. The molecule has 1 heterocycles. The lowest BCUT2D eigenvalue weighted by Crippen LogP contribution is -2.14. The number of ether oxygens (including phenoxy) is 4. The van der Waals surface area contributed by atoms with Crippen molar-refractivity contribution in [1.82, 2.24) is 0 Å². The van der Waals surface area contributed by atoms with Crippen molar-refractivity contribution in [3.8, 4) is 5.75 Å². The smallest absolute Gasteiger partial charge is 0.343 e. The Morgan fingerprint density at radius 2 is 2.22 bits per heavy atom. The summed E-state index contributed by atoms with van der Waals surface area (Å²) in [7, 11) is 1.32. The third kappa shape index (κ3) is 3.00. The molecule has 1 aliphatic rings. The summed E-state index contributed by atoms with van der Waals surface area (Å²) >= 11 is 0. The monoisotopic (exact) mass is 252 g/mol. The number of methoxy groups -OCH3 is 1. The number of esters is 1. The summed E-state index contributed by atoms with van der Waals surface area (Å²) in [5.41, 5.74) is 0.783. The zero-order chi connectivity index (χ0) is 13.0. The van der Waals surface area contributed by atoms with Gasteiger partial charge in [-0.1, -0.05) is 18.2 Å². The van der Waals surface area contributed by atoms with Gasteiger partial charge in [-0.3, -0.25) is 0 Å². The molecule has 98 valence electrons. The summed E-state index contributed by atoms with van der Waals surface area (Å²) in [4.78, 5) is 11.1. The van der Waals surface area contributed by atoms with Crippen LogP contribution in [0.1, 0.15) is 18.8 Å². The molecule has 5 heteroatoms. The van der Waals surface area contributed by atoms with E-state index in [0.29, 0.717) is 12.4 Å². The molecule has 0 radical (unpaired) electrons. The Morgan fingerprint density at radius 1 is 1.44 bits per heavy atom. The summed E-state index contributed by atoms with van der Waals surface area (Å²) in [5, 5.41) is 0. The minimum atomic E-state index is -0.436. The molecule has 1 fully saturated rings. The first-order valence-corrected chi connectivity index (χ1v) is 5.76. The molecule has 0 saturated carbocycles. The van der Waals surface area contributed by atoms with E-state index in [1.54, 1.807) is 6.07 Å². The fourth-order valence-corrected chi connectivity index (χ4v) is 1.68. The van der Waals surface area contributed by atoms with Crippen LogP contribution in [0.4, 0.5) is 0 Å². The highest BCUT2D eigenvalue weighted by Gasteiger charge is 2.26. The van der Waals surface area contributed by atoms with E-state index in [-0.39, 0.29) is 12.7 Å². The van der Waals surface area contributed by atoms with Gasteiger partial charge in [0.1, 0.15) is 5.75 Å². The topological polar surface area (TPSA) is 54.0 Å². The van der Waals surface area contributed by atoms with Crippen molar-refractivity contribution >= 4 is 5.97 Å². The maximum absolute atomic E-state index is 11.1. The lowest BCUT2D eigenvalue weighted by molar-refractivity contribution is -0.143. The van der Waals surface area contributed by atoms with Crippen LogP contribution in [0, 0.1) is 0 Å². The number of hydrogen-bond donors (Lipinski definition) is 0. The second kappa shape index (κ2) is 5.84. The van der Waals surface area contributed by atoms with Gasteiger partial charge in [-0.15, -0.1) is 0 Å². The van der Waals surface area contributed by atoms with Crippen LogP contribution in [0.5, 0.6) is 5.75 Å². The Kier molecular flexibility index (Phi) is 4.17. The third-order valence-electron chi connectivity index (χ3n) is 2.58. The fraction of sp³-hybridized carbons (Fsp3) is 0.462. The van der Waals surface area contributed by atoms with Crippen LogP contribution in [0.3, 0.4) is 0 Å². The van der Waals surface area contributed by atoms with Crippen LogP contribution < -0.4 is 4.74 Å². The van der Waals surface area contributed by atoms with Crippen LogP contribution in [0.2, 0.25) is 0 Å². The molecule has 0 amide bonds. The van der Waals surface area contributed by atoms with Gasteiger partial charge in [-0.05, 0) is 13.0 Å². The summed E-state index contributed by atoms with van der Waals surface area (Å²) in [6.45, 7) is 2.36. The molecule has 2 rings (SSSR count). The first-order chi connectivity index (χ1) is 8.70. The first kappa shape index (κ1) is 12.9. The summed E-state index contributed by atoms with van der Waals surface area (Å²) in [5.74, 6) is 0.147. The summed E-state index contributed by atoms with van der Waals surface area (Å²) in [6.07, 6.45) is -0.377. The van der Waals surface area contributed by atoms with Gasteiger partial charge in [0.25, 0.3) is 0 Å². The molecule has 2 unspecified atom stereocenters. The molecule has 0 aliphatic carbocycles. The predicted octanol–water partition coefficient (Wildman–Crippen LogP) is 1.67. The maximum Gasteiger partial charge on any atom is 0.343 e. The summed E-state index contributed by atoms with van der Waals surface area (Å²) in [6, 6.07) is 7.33. The molecule has 5 nitrogen and oxygen atoms in total. The van der Waals surface area contributed by atoms with E-state index in [2.05, 4.69) is 4.74 Å². The molecule has 0 aromatic heterocycles. The Balaban J connectivity index is 2.08. The van der Waals surface area contributed by atoms with E-state index < -0.39 is 12.3 Å². The largest absolute Gasteiger partial charge is 0.481 e. The molecule has 1 saturated heterocycles. The van der Waals surface area contributed by atoms with Gasteiger partial charge in [-0.25, -0.2) is 4.79 Å². The molecule has 18 heavy (non-hydrogen) atoms. The van der Waals surface area contributed by atoms with Crippen molar-refractivity contribution in [2.75, 3.05) is 20.3 Å². The van der Waals surface area contributed by atoms with Gasteiger partial charge >= 0.3 is 5.97 Å². The Morgan fingerprint density at radius 3 is 2.89 bits per heavy atom. The van der Waals surface area contributed by atoms with Crippen LogP contribution in [0.15, 0.2) is 24.3 Å². The van der Waals surface area contributed by atoms with E-state index in [4.69, 9.17) is 14.2 Å². The third-order valence-corrected chi connectivity index (χ3v) is 2.58. The van der Waals surface area contributed by atoms with Crippen LogP contribution in [0.25, 0.3) is 0 Å². The molecule has 0 N–H and O–H groups in total. The number of para-hydroxylation sites is 1.